The third-order valence-corrected chi connectivity index (χ3v) is 2.93. The molecule has 0 spiro atoms. The summed E-state index contributed by atoms with van der Waals surface area (Å²) in [4.78, 5) is 14.5. The number of ether oxygens (including phenoxy) is 1. The van der Waals surface area contributed by atoms with Gasteiger partial charge in [-0.15, -0.1) is 0 Å². The summed E-state index contributed by atoms with van der Waals surface area (Å²) in [7, 11) is 0. The topological polar surface area (TPSA) is 75.1 Å². The number of hydrogen-bond donors (Lipinski definition) is 0. The van der Waals surface area contributed by atoms with E-state index in [1.807, 2.05) is 19.9 Å². The van der Waals surface area contributed by atoms with Gasteiger partial charge < -0.3 is 4.74 Å². The fraction of sp³-hybridized carbons (Fsp3) is 0.462. The summed E-state index contributed by atoms with van der Waals surface area (Å²) in [5.41, 5.74) is 8.50. The highest BCUT2D eigenvalue weighted by Gasteiger charge is 2.20. The maximum atomic E-state index is 11.7. The molecule has 0 aliphatic carbocycles. The highest BCUT2D eigenvalue weighted by molar-refractivity contribution is 5.89. The third kappa shape index (κ3) is 4.11. The first-order chi connectivity index (χ1) is 8.61. The second-order valence-electron chi connectivity index (χ2n) is 4.29. The van der Waals surface area contributed by atoms with E-state index in [0.29, 0.717) is 18.4 Å². The van der Waals surface area contributed by atoms with Crippen molar-refractivity contribution in [1.82, 2.24) is 0 Å². The van der Waals surface area contributed by atoms with Gasteiger partial charge in [-0.2, -0.15) is 0 Å². The smallest absolute Gasteiger partial charge is 0.338 e. The van der Waals surface area contributed by atoms with Crippen molar-refractivity contribution in [2.75, 3.05) is 6.61 Å². The Balaban J connectivity index is 2.47. The van der Waals surface area contributed by atoms with Crippen LogP contribution in [0.15, 0.2) is 35.4 Å². The second kappa shape index (κ2) is 6.67. The van der Waals surface area contributed by atoms with Crippen LogP contribution in [0, 0.1) is 0 Å². The number of rotatable bonds is 6. The summed E-state index contributed by atoms with van der Waals surface area (Å²) in [6.45, 7) is 4.04. The van der Waals surface area contributed by atoms with Gasteiger partial charge in [0, 0.05) is 10.5 Å². The molecule has 0 radical (unpaired) electrons. The summed E-state index contributed by atoms with van der Waals surface area (Å²) in [6, 6.07) is 8.82. The molecule has 1 unspecified atom stereocenters. The first kappa shape index (κ1) is 14.1. The van der Waals surface area contributed by atoms with Crippen molar-refractivity contribution >= 4 is 5.97 Å². The first-order valence-electron chi connectivity index (χ1n) is 5.90. The molecule has 0 bridgehead atoms. The number of hydrogen-bond acceptors (Lipinski definition) is 3. The molecule has 1 aromatic rings. The molecule has 5 nitrogen and oxygen atoms in total. The van der Waals surface area contributed by atoms with E-state index in [0.717, 1.165) is 0 Å². The molecular weight excluding hydrogens is 230 g/mol. The van der Waals surface area contributed by atoms with Crippen molar-refractivity contribution < 1.29 is 9.53 Å². The molecule has 5 heteroatoms. The predicted octanol–water partition coefficient (Wildman–Crippen LogP) is 3.71. The van der Waals surface area contributed by atoms with Crippen molar-refractivity contribution in [2.24, 2.45) is 5.11 Å². The molecule has 96 valence electrons. The molecule has 0 heterocycles. The zero-order valence-electron chi connectivity index (χ0n) is 10.7. The Labute approximate surface area is 106 Å². The summed E-state index contributed by atoms with van der Waals surface area (Å²) >= 11 is 0. The zero-order valence-corrected chi connectivity index (χ0v) is 10.7. The fourth-order valence-electron chi connectivity index (χ4n) is 1.43. The van der Waals surface area contributed by atoms with Gasteiger partial charge >= 0.3 is 5.97 Å². The lowest BCUT2D eigenvalue weighted by atomic mass is 9.96. The maximum Gasteiger partial charge on any atom is 0.338 e. The van der Waals surface area contributed by atoms with Crippen LogP contribution in [0.1, 0.15) is 37.0 Å². The van der Waals surface area contributed by atoms with Crippen LogP contribution in [-0.4, -0.2) is 18.1 Å². The minimum absolute atomic E-state index is 0.247. The van der Waals surface area contributed by atoms with Gasteiger partial charge in [-0.1, -0.05) is 37.2 Å². The minimum Gasteiger partial charge on any atom is -0.462 e. The van der Waals surface area contributed by atoms with Gasteiger partial charge in [0.25, 0.3) is 0 Å². The lowest BCUT2D eigenvalue weighted by Gasteiger charge is -2.21. The number of azide groups is 1. The number of carbonyl (C=O) groups is 1. The Hall–Kier alpha value is -2.00. The van der Waals surface area contributed by atoms with Crippen molar-refractivity contribution in [3.63, 3.8) is 0 Å². The van der Waals surface area contributed by atoms with Crippen LogP contribution in [0.25, 0.3) is 10.4 Å². The molecule has 18 heavy (non-hydrogen) atoms. The van der Waals surface area contributed by atoms with Crippen molar-refractivity contribution in [1.29, 1.82) is 0 Å². The van der Waals surface area contributed by atoms with Crippen molar-refractivity contribution in [2.45, 2.75) is 32.2 Å². The Kier molecular flexibility index (Phi) is 5.21. The molecule has 0 aliphatic rings. The first-order valence-corrected chi connectivity index (χ1v) is 5.90. The third-order valence-electron chi connectivity index (χ3n) is 2.93. The fourth-order valence-corrected chi connectivity index (χ4v) is 1.43. The van der Waals surface area contributed by atoms with Gasteiger partial charge in [-0.3, -0.25) is 0 Å². The van der Waals surface area contributed by atoms with Gasteiger partial charge in [0.05, 0.1) is 12.2 Å². The standard InChI is InChI=1S/C13H17N3O2/c1-3-13(2,15-16-14)9-10-18-12(17)11-7-5-4-6-8-11/h4-8H,3,9-10H2,1-2H3. The average molecular weight is 247 g/mol. The molecule has 0 aliphatic heterocycles. The van der Waals surface area contributed by atoms with Gasteiger partial charge in [-0.25, -0.2) is 4.79 Å². The normalized spacial score (nSPS) is 13.2. The maximum absolute atomic E-state index is 11.7. The molecule has 1 aromatic carbocycles. The van der Waals surface area contributed by atoms with Gasteiger partial charge in [0.15, 0.2) is 0 Å². The molecule has 0 N–H and O–H groups in total. The van der Waals surface area contributed by atoms with Gasteiger partial charge in [0.1, 0.15) is 0 Å². The number of carbonyl (C=O) groups excluding carboxylic acids is 1. The summed E-state index contributed by atoms with van der Waals surface area (Å²) in [6.07, 6.45) is 1.23. The molecule has 0 amide bonds. The SMILES string of the molecule is CCC(C)(CCOC(=O)c1ccccc1)N=[N+]=[N-]. The quantitative estimate of drug-likeness (QED) is 0.332. The summed E-state index contributed by atoms with van der Waals surface area (Å²) < 4.78 is 5.15. The Morgan fingerprint density at radius 2 is 2.11 bits per heavy atom. The molecule has 0 saturated carbocycles. The molecular formula is C13H17N3O2. The van der Waals surface area contributed by atoms with Crippen LogP contribution in [0.5, 0.6) is 0 Å². The van der Waals surface area contributed by atoms with E-state index >= 15 is 0 Å². The van der Waals surface area contributed by atoms with Crippen LogP contribution >= 0.6 is 0 Å². The zero-order chi connectivity index (χ0) is 13.4. The van der Waals surface area contributed by atoms with E-state index in [2.05, 4.69) is 10.0 Å². The van der Waals surface area contributed by atoms with Crippen LogP contribution in [0.4, 0.5) is 0 Å². The molecule has 0 saturated heterocycles. The minimum atomic E-state index is -0.494. The van der Waals surface area contributed by atoms with E-state index in [-0.39, 0.29) is 12.6 Å². The molecule has 0 aromatic heterocycles. The number of nitrogens with zero attached hydrogens (tertiary/aromatic N) is 3. The van der Waals surface area contributed by atoms with Crippen molar-refractivity contribution in [3.05, 3.63) is 46.3 Å². The van der Waals surface area contributed by atoms with Crippen molar-refractivity contribution in [3.8, 4) is 0 Å². The van der Waals surface area contributed by atoms with Crippen LogP contribution < -0.4 is 0 Å². The van der Waals surface area contributed by atoms with Gasteiger partial charge in [0.2, 0.25) is 0 Å². The van der Waals surface area contributed by atoms with E-state index < -0.39 is 5.54 Å². The monoisotopic (exact) mass is 247 g/mol. The summed E-state index contributed by atoms with van der Waals surface area (Å²) in [5, 5.41) is 3.73. The average Bonchev–Trinajstić information content (AvgIpc) is 2.40. The lowest BCUT2D eigenvalue weighted by Crippen LogP contribution is -2.23. The largest absolute Gasteiger partial charge is 0.462 e. The van der Waals surface area contributed by atoms with Crippen LogP contribution in [0.3, 0.4) is 0 Å². The highest BCUT2D eigenvalue weighted by Crippen LogP contribution is 2.20. The van der Waals surface area contributed by atoms with E-state index in [1.54, 1.807) is 24.3 Å². The van der Waals surface area contributed by atoms with E-state index in [4.69, 9.17) is 10.3 Å². The second-order valence-corrected chi connectivity index (χ2v) is 4.29. The number of esters is 1. The predicted molar refractivity (Wildman–Crippen MR) is 69.2 cm³/mol. The van der Waals surface area contributed by atoms with E-state index in [1.165, 1.54) is 0 Å². The molecule has 0 fully saturated rings. The Morgan fingerprint density at radius 1 is 1.44 bits per heavy atom. The highest BCUT2D eigenvalue weighted by atomic mass is 16.5. The summed E-state index contributed by atoms with van der Waals surface area (Å²) in [5.74, 6) is -0.352. The van der Waals surface area contributed by atoms with Crippen LogP contribution in [-0.2, 0) is 4.74 Å². The van der Waals surface area contributed by atoms with Gasteiger partial charge in [-0.05, 0) is 30.5 Å². The van der Waals surface area contributed by atoms with Crippen LogP contribution in [0.2, 0.25) is 0 Å². The molecule has 1 atom stereocenters. The number of benzene rings is 1. The Bertz CT molecular complexity index is 441. The molecule has 1 rings (SSSR count). The van der Waals surface area contributed by atoms with E-state index in [9.17, 15) is 4.79 Å². The Morgan fingerprint density at radius 3 is 2.67 bits per heavy atom. The lowest BCUT2D eigenvalue weighted by molar-refractivity contribution is 0.0477.